The Kier molecular flexibility index (Phi) is 6.34. The van der Waals surface area contributed by atoms with Gasteiger partial charge in [-0.05, 0) is 30.8 Å². The van der Waals surface area contributed by atoms with Gasteiger partial charge in [-0.3, -0.25) is 9.59 Å². The average Bonchev–Trinajstić information content (AvgIpc) is 3.00. The van der Waals surface area contributed by atoms with Gasteiger partial charge in [0.25, 0.3) is 11.7 Å². The first-order chi connectivity index (χ1) is 14.0. The number of hydrogen-bond donors (Lipinski definition) is 2. The Morgan fingerprint density at radius 2 is 1.62 bits per heavy atom. The van der Waals surface area contributed by atoms with Crippen molar-refractivity contribution < 1.29 is 19.8 Å². The molecule has 0 saturated carbocycles. The summed E-state index contributed by atoms with van der Waals surface area (Å²) < 4.78 is 0. The SMILES string of the molecule is CCN(CC)CCN1C(=O)C(=O)/C(=C(/O)c2ccccc2O)C1c1ccccc1. The Balaban J connectivity index is 2.09. The van der Waals surface area contributed by atoms with Gasteiger partial charge < -0.3 is 20.0 Å². The number of aliphatic hydroxyl groups is 1. The van der Waals surface area contributed by atoms with Crippen LogP contribution in [-0.2, 0) is 9.59 Å². The summed E-state index contributed by atoms with van der Waals surface area (Å²) in [6.45, 7) is 6.76. The number of carbonyl (C=O) groups excluding carboxylic acids is 2. The van der Waals surface area contributed by atoms with E-state index in [0.717, 1.165) is 18.7 Å². The molecular weight excluding hydrogens is 368 g/mol. The number of rotatable bonds is 7. The van der Waals surface area contributed by atoms with Gasteiger partial charge in [-0.2, -0.15) is 0 Å². The van der Waals surface area contributed by atoms with Crippen molar-refractivity contribution in [3.05, 3.63) is 71.3 Å². The van der Waals surface area contributed by atoms with E-state index in [2.05, 4.69) is 4.90 Å². The highest BCUT2D eigenvalue weighted by Crippen LogP contribution is 2.40. The number of aromatic hydroxyl groups is 1. The molecule has 6 nitrogen and oxygen atoms in total. The fraction of sp³-hybridized carbons (Fsp3) is 0.304. The summed E-state index contributed by atoms with van der Waals surface area (Å²) in [5.41, 5.74) is 0.876. The highest BCUT2D eigenvalue weighted by molar-refractivity contribution is 6.46. The van der Waals surface area contributed by atoms with Crippen LogP contribution in [0.1, 0.15) is 31.0 Å². The number of nitrogens with zero attached hydrogens (tertiary/aromatic N) is 2. The number of benzene rings is 2. The standard InChI is InChI=1S/C23H26N2O4/c1-3-24(4-2)14-15-25-20(16-10-6-5-7-11-16)19(22(28)23(25)29)21(27)17-12-8-9-13-18(17)26/h5-13,20,26-27H,3-4,14-15H2,1-2H3/b21-19+. The number of amides is 1. The fourth-order valence-corrected chi connectivity index (χ4v) is 3.70. The zero-order chi connectivity index (χ0) is 21.0. The van der Waals surface area contributed by atoms with Crippen LogP contribution >= 0.6 is 0 Å². The highest BCUT2D eigenvalue weighted by atomic mass is 16.3. The lowest BCUT2D eigenvalue weighted by atomic mass is 9.95. The maximum Gasteiger partial charge on any atom is 0.295 e. The van der Waals surface area contributed by atoms with Gasteiger partial charge in [-0.15, -0.1) is 0 Å². The topological polar surface area (TPSA) is 81.1 Å². The molecule has 6 heteroatoms. The van der Waals surface area contributed by atoms with Crippen LogP contribution in [0.4, 0.5) is 0 Å². The number of phenols is 1. The van der Waals surface area contributed by atoms with E-state index in [0.29, 0.717) is 13.1 Å². The summed E-state index contributed by atoms with van der Waals surface area (Å²) in [5.74, 6) is -1.88. The molecule has 2 aromatic carbocycles. The van der Waals surface area contributed by atoms with Crippen molar-refractivity contribution in [2.24, 2.45) is 0 Å². The lowest BCUT2D eigenvalue weighted by molar-refractivity contribution is -0.140. The van der Waals surface area contributed by atoms with E-state index >= 15 is 0 Å². The van der Waals surface area contributed by atoms with E-state index in [1.165, 1.54) is 17.0 Å². The third-order valence-electron chi connectivity index (χ3n) is 5.37. The van der Waals surface area contributed by atoms with Gasteiger partial charge in [0.1, 0.15) is 11.5 Å². The quantitative estimate of drug-likeness (QED) is 0.428. The van der Waals surface area contributed by atoms with Gasteiger partial charge in [-0.25, -0.2) is 0 Å². The normalized spacial score (nSPS) is 18.6. The summed E-state index contributed by atoms with van der Waals surface area (Å²) >= 11 is 0. The van der Waals surface area contributed by atoms with Crippen LogP contribution in [-0.4, -0.2) is 57.9 Å². The molecule has 0 spiro atoms. The smallest absolute Gasteiger partial charge is 0.295 e. The van der Waals surface area contributed by atoms with E-state index in [1.807, 2.05) is 44.2 Å². The second kappa shape index (κ2) is 8.92. The monoisotopic (exact) mass is 394 g/mol. The van der Waals surface area contributed by atoms with Gasteiger partial charge in [0.05, 0.1) is 17.2 Å². The number of likely N-dealkylation sites (N-methyl/N-ethyl adjacent to an activating group) is 1. The van der Waals surface area contributed by atoms with E-state index in [-0.39, 0.29) is 22.6 Å². The van der Waals surface area contributed by atoms with Crippen molar-refractivity contribution >= 4 is 17.4 Å². The van der Waals surface area contributed by atoms with Crippen molar-refractivity contribution in [3.8, 4) is 5.75 Å². The summed E-state index contributed by atoms with van der Waals surface area (Å²) in [6.07, 6.45) is 0. The van der Waals surface area contributed by atoms with Crippen LogP contribution in [0.5, 0.6) is 5.75 Å². The molecule has 0 aromatic heterocycles. The molecule has 1 aliphatic rings. The lowest BCUT2D eigenvalue weighted by Gasteiger charge is -2.28. The first-order valence-electron chi connectivity index (χ1n) is 9.83. The largest absolute Gasteiger partial charge is 0.507 e. The van der Waals surface area contributed by atoms with Crippen molar-refractivity contribution in [2.45, 2.75) is 19.9 Å². The Morgan fingerprint density at radius 3 is 2.24 bits per heavy atom. The molecule has 29 heavy (non-hydrogen) atoms. The summed E-state index contributed by atoms with van der Waals surface area (Å²) in [5, 5.41) is 21.1. The Bertz CT molecular complexity index is 919. The van der Waals surface area contributed by atoms with Crippen LogP contribution < -0.4 is 0 Å². The third kappa shape index (κ3) is 4.03. The van der Waals surface area contributed by atoms with Gasteiger partial charge in [0.2, 0.25) is 0 Å². The maximum absolute atomic E-state index is 12.9. The van der Waals surface area contributed by atoms with Gasteiger partial charge in [0.15, 0.2) is 0 Å². The number of aliphatic hydroxyl groups excluding tert-OH is 1. The Morgan fingerprint density at radius 1 is 1.00 bits per heavy atom. The van der Waals surface area contributed by atoms with Crippen LogP contribution in [0, 0.1) is 0 Å². The van der Waals surface area contributed by atoms with Gasteiger partial charge in [0, 0.05) is 13.1 Å². The number of phenolic OH excluding ortho intramolecular Hbond substituents is 1. The number of hydrogen-bond acceptors (Lipinski definition) is 5. The van der Waals surface area contributed by atoms with Crippen molar-refractivity contribution in [3.63, 3.8) is 0 Å². The third-order valence-corrected chi connectivity index (χ3v) is 5.37. The molecule has 1 atom stereocenters. The molecular formula is C23H26N2O4. The van der Waals surface area contributed by atoms with E-state index in [9.17, 15) is 19.8 Å². The number of Topliss-reactive ketones (excluding diaryl/α,β-unsaturated/α-hetero) is 1. The predicted molar refractivity (Wildman–Crippen MR) is 111 cm³/mol. The summed E-state index contributed by atoms with van der Waals surface area (Å²) in [6, 6.07) is 14.7. The maximum atomic E-state index is 12.9. The van der Waals surface area contributed by atoms with Crippen LogP contribution in [0.3, 0.4) is 0 Å². The molecule has 2 N–H and O–H groups in total. The predicted octanol–water partition coefficient (Wildman–Crippen LogP) is 3.16. The van der Waals surface area contributed by atoms with Crippen LogP contribution in [0.25, 0.3) is 5.76 Å². The minimum Gasteiger partial charge on any atom is -0.507 e. The molecule has 0 radical (unpaired) electrons. The molecule has 1 unspecified atom stereocenters. The molecule has 3 rings (SSSR count). The summed E-state index contributed by atoms with van der Waals surface area (Å²) in [4.78, 5) is 29.5. The first-order valence-corrected chi connectivity index (χ1v) is 9.83. The molecule has 1 saturated heterocycles. The second-order valence-corrected chi connectivity index (χ2v) is 6.95. The summed E-state index contributed by atoms with van der Waals surface area (Å²) in [7, 11) is 0. The van der Waals surface area contributed by atoms with E-state index in [4.69, 9.17) is 0 Å². The second-order valence-electron chi connectivity index (χ2n) is 6.95. The van der Waals surface area contributed by atoms with Gasteiger partial charge in [-0.1, -0.05) is 56.3 Å². The molecule has 1 amide bonds. The number of likely N-dealkylation sites (tertiary alicyclic amines) is 1. The Labute approximate surface area is 170 Å². The minimum atomic E-state index is -0.737. The molecule has 152 valence electrons. The first kappa shape index (κ1) is 20.6. The van der Waals surface area contributed by atoms with Crippen LogP contribution in [0.2, 0.25) is 0 Å². The molecule has 1 heterocycles. The van der Waals surface area contributed by atoms with Crippen molar-refractivity contribution in [1.29, 1.82) is 0 Å². The van der Waals surface area contributed by atoms with Gasteiger partial charge >= 0.3 is 0 Å². The molecule has 1 aliphatic heterocycles. The number of ketones is 1. The van der Waals surface area contributed by atoms with Crippen molar-refractivity contribution in [2.75, 3.05) is 26.2 Å². The van der Waals surface area contributed by atoms with Crippen LogP contribution in [0.15, 0.2) is 60.2 Å². The number of para-hydroxylation sites is 1. The molecule has 0 aliphatic carbocycles. The number of carbonyl (C=O) groups is 2. The zero-order valence-electron chi connectivity index (χ0n) is 16.7. The minimum absolute atomic E-state index is 0.00208. The lowest BCUT2D eigenvalue weighted by Crippen LogP contribution is -2.38. The van der Waals surface area contributed by atoms with E-state index < -0.39 is 17.7 Å². The molecule has 0 bridgehead atoms. The average molecular weight is 394 g/mol. The molecule has 2 aromatic rings. The Hall–Kier alpha value is -3.12. The fourth-order valence-electron chi connectivity index (χ4n) is 3.70. The highest BCUT2D eigenvalue weighted by Gasteiger charge is 2.46. The molecule has 1 fully saturated rings. The van der Waals surface area contributed by atoms with E-state index in [1.54, 1.807) is 12.1 Å². The van der Waals surface area contributed by atoms with Crippen molar-refractivity contribution in [1.82, 2.24) is 9.80 Å². The zero-order valence-corrected chi connectivity index (χ0v) is 16.7.